The molecule has 0 saturated heterocycles. The van der Waals surface area contributed by atoms with Crippen LogP contribution in [0.25, 0.3) is 0 Å². The van der Waals surface area contributed by atoms with Crippen LogP contribution in [-0.4, -0.2) is 24.3 Å². The van der Waals surface area contributed by atoms with E-state index in [1.54, 1.807) is 0 Å². The molecule has 0 radical (unpaired) electrons. The van der Waals surface area contributed by atoms with Crippen LogP contribution < -0.4 is 5.32 Å². The summed E-state index contributed by atoms with van der Waals surface area (Å²) in [6, 6.07) is 10.6. The minimum absolute atomic E-state index is 0.216. The zero-order valence-corrected chi connectivity index (χ0v) is 9.02. The maximum Gasteiger partial charge on any atom is 0.0587 e. The van der Waals surface area contributed by atoms with E-state index < -0.39 is 0 Å². The number of hydrogen-bond acceptors (Lipinski definition) is 2. The summed E-state index contributed by atoms with van der Waals surface area (Å²) < 4.78 is 0. The first kappa shape index (κ1) is 10.7. The van der Waals surface area contributed by atoms with Crippen LogP contribution in [-0.2, 0) is 6.42 Å². The molecule has 1 fully saturated rings. The normalized spacial score (nSPS) is 17.7. The quantitative estimate of drug-likeness (QED) is 0.739. The SMILES string of the molecule is OC[C@H](Cc1ccccc1)NCC1CC1. The van der Waals surface area contributed by atoms with Crippen molar-refractivity contribution in [3.63, 3.8) is 0 Å². The van der Waals surface area contributed by atoms with Crippen LogP contribution in [0, 0.1) is 5.92 Å². The molecule has 1 saturated carbocycles. The number of benzene rings is 1. The van der Waals surface area contributed by atoms with Crippen molar-refractivity contribution in [3.8, 4) is 0 Å². The predicted octanol–water partition coefficient (Wildman–Crippen LogP) is 1.59. The van der Waals surface area contributed by atoms with Gasteiger partial charge in [-0.1, -0.05) is 30.3 Å². The highest BCUT2D eigenvalue weighted by molar-refractivity contribution is 5.15. The molecule has 1 aliphatic carbocycles. The summed E-state index contributed by atoms with van der Waals surface area (Å²) in [6.07, 6.45) is 3.64. The average Bonchev–Trinajstić information content (AvgIpc) is 3.09. The van der Waals surface area contributed by atoms with Crippen molar-refractivity contribution in [2.75, 3.05) is 13.2 Å². The summed E-state index contributed by atoms with van der Waals surface area (Å²) in [5.41, 5.74) is 1.29. The van der Waals surface area contributed by atoms with E-state index >= 15 is 0 Å². The topological polar surface area (TPSA) is 32.3 Å². The molecule has 2 heteroatoms. The molecule has 82 valence electrons. The van der Waals surface area contributed by atoms with E-state index in [4.69, 9.17) is 0 Å². The van der Waals surface area contributed by atoms with E-state index in [9.17, 15) is 5.11 Å². The molecular formula is C13H19NO. The first-order valence-corrected chi connectivity index (χ1v) is 5.76. The fourth-order valence-electron chi connectivity index (χ4n) is 1.76. The van der Waals surface area contributed by atoms with Gasteiger partial charge < -0.3 is 10.4 Å². The largest absolute Gasteiger partial charge is 0.395 e. The van der Waals surface area contributed by atoms with Crippen LogP contribution in [0.3, 0.4) is 0 Å². The van der Waals surface area contributed by atoms with Gasteiger partial charge in [0.2, 0.25) is 0 Å². The van der Waals surface area contributed by atoms with Gasteiger partial charge in [0, 0.05) is 6.04 Å². The third-order valence-electron chi connectivity index (χ3n) is 2.94. The van der Waals surface area contributed by atoms with Gasteiger partial charge in [-0.05, 0) is 37.3 Å². The van der Waals surface area contributed by atoms with Crippen molar-refractivity contribution in [2.24, 2.45) is 5.92 Å². The number of aliphatic hydroxyl groups is 1. The van der Waals surface area contributed by atoms with E-state index in [2.05, 4.69) is 17.4 Å². The van der Waals surface area contributed by atoms with Crippen LogP contribution in [0.2, 0.25) is 0 Å². The summed E-state index contributed by atoms with van der Waals surface area (Å²) in [4.78, 5) is 0. The van der Waals surface area contributed by atoms with Crippen LogP contribution >= 0.6 is 0 Å². The van der Waals surface area contributed by atoms with E-state index in [0.717, 1.165) is 18.9 Å². The second kappa shape index (κ2) is 5.29. The van der Waals surface area contributed by atoms with Gasteiger partial charge in [0.1, 0.15) is 0 Å². The summed E-state index contributed by atoms with van der Waals surface area (Å²) >= 11 is 0. The van der Waals surface area contributed by atoms with Gasteiger partial charge in [-0.3, -0.25) is 0 Å². The van der Waals surface area contributed by atoms with Crippen molar-refractivity contribution in [2.45, 2.75) is 25.3 Å². The Labute approximate surface area is 91.3 Å². The molecule has 2 nitrogen and oxygen atoms in total. The van der Waals surface area contributed by atoms with Gasteiger partial charge in [-0.25, -0.2) is 0 Å². The number of aliphatic hydroxyl groups excluding tert-OH is 1. The van der Waals surface area contributed by atoms with Crippen LogP contribution in [0.15, 0.2) is 30.3 Å². The molecule has 1 aromatic carbocycles. The van der Waals surface area contributed by atoms with Crippen LogP contribution in [0.1, 0.15) is 18.4 Å². The highest BCUT2D eigenvalue weighted by Gasteiger charge is 2.21. The lowest BCUT2D eigenvalue weighted by Crippen LogP contribution is -2.35. The minimum Gasteiger partial charge on any atom is -0.395 e. The summed E-state index contributed by atoms with van der Waals surface area (Å²) in [5, 5.41) is 12.7. The molecule has 2 rings (SSSR count). The van der Waals surface area contributed by atoms with E-state index in [0.29, 0.717) is 0 Å². The molecule has 1 atom stereocenters. The molecule has 15 heavy (non-hydrogen) atoms. The Morgan fingerprint density at radius 3 is 2.60 bits per heavy atom. The summed E-state index contributed by atoms with van der Waals surface area (Å²) in [7, 11) is 0. The van der Waals surface area contributed by atoms with Crippen LogP contribution in [0.4, 0.5) is 0 Å². The Hall–Kier alpha value is -0.860. The average molecular weight is 205 g/mol. The highest BCUT2D eigenvalue weighted by Crippen LogP contribution is 2.27. The standard InChI is InChI=1S/C13H19NO/c15-10-13(14-9-12-6-7-12)8-11-4-2-1-3-5-11/h1-5,12-15H,6-10H2/t13-/m0/s1. The maximum absolute atomic E-state index is 9.26. The minimum atomic E-state index is 0.216. The second-order valence-corrected chi connectivity index (χ2v) is 4.42. The molecule has 0 bridgehead atoms. The lowest BCUT2D eigenvalue weighted by Gasteiger charge is -2.15. The van der Waals surface area contributed by atoms with Gasteiger partial charge in [-0.2, -0.15) is 0 Å². The third kappa shape index (κ3) is 3.65. The maximum atomic E-state index is 9.26. The number of hydrogen-bond donors (Lipinski definition) is 2. The van der Waals surface area contributed by atoms with Gasteiger partial charge in [-0.15, -0.1) is 0 Å². The molecule has 0 aliphatic heterocycles. The van der Waals surface area contributed by atoms with Crippen molar-refractivity contribution >= 4 is 0 Å². The van der Waals surface area contributed by atoms with Gasteiger partial charge in [0.25, 0.3) is 0 Å². The third-order valence-corrected chi connectivity index (χ3v) is 2.94. The fourth-order valence-corrected chi connectivity index (χ4v) is 1.76. The number of rotatable bonds is 6. The Balaban J connectivity index is 1.78. The Morgan fingerprint density at radius 1 is 1.27 bits per heavy atom. The summed E-state index contributed by atoms with van der Waals surface area (Å²) in [6.45, 7) is 1.29. The van der Waals surface area contributed by atoms with Crippen molar-refractivity contribution < 1.29 is 5.11 Å². The molecule has 0 unspecified atom stereocenters. The van der Waals surface area contributed by atoms with Crippen LogP contribution in [0.5, 0.6) is 0 Å². The first-order chi connectivity index (χ1) is 7.38. The monoisotopic (exact) mass is 205 g/mol. The first-order valence-electron chi connectivity index (χ1n) is 5.76. The summed E-state index contributed by atoms with van der Waals surface area (Å²) in [5.74, 6) is 0.870. The Morgan fingerprint density at radius 2 is 2.00 bits per heavy atom. The molecule has 0 aromatic heterocycles. The van der Waals surface area contributed by atoms with Gasteiger partial charge >= 0.3 is 0 Å². The molecule has 0 heterocycles. The Kier molecular flexibility index (Phi) is 3.75. The molecule has 1 aromatic rings. The van der Waals surface area contributed by atoms with E-state index in [1.165, 1.54) is 18.4 Å². The molecule has 1 aliphatic rings. The zero-order chi connectivity index (χ0) is 10.5. The lowest BCUT2D eigenvalue weighted by atomic mass is 10.1. The Bertz CT molecular complexity index is 282. The predicted molar refractivity (Wildman–Crippen MR) is 61.7 cm³/mol. The van der Waals surface area contributed by atoms with Crippen molar-refractivity contribution in [1.29, 1.82) is 0 Å². The van der Waals surface area contributed by atoms with Crippen molar-refractivity contribution in [3.05, 3.63) is 35.9 Å². The van der Waals surface area contributed by atoms with Crippen molar-refractivity contribution in [1.82, 2.24) is 5.32 Å². The lowest BCUT2D eigenvalue weighted by molar-refractivity contribution is 0.240. The number of nitrogens with one attached hydrogen (secondary N) is 1. The van der Waals surface area contributed by atoms with Gasteiger partial charge in [0.15, 0.2) is 0 Å². The van der Waals surface area contributed by atoms with Gasteiger partial charge in [0.05, 0.1) is 6.61 Å². The highest BCUT2D eigenvalue weighted by atomic mass is 16.3. The molecule has 0 amide bonds. The molecule has 2 N–H and O–H groups in total. The fraction of sp³-hybridized carbons (Fsp3) is 0.538. The van der Waals surface area contributed by atoms with E-state index in [-0.39, 0.29) is 12.6 Å². The molecular weight excluding hydrogens is 186 g/mol. The van der Waals surface area contributed by atoms with E-state index in [1.807, 2.05) is 18.2 Å². The molecule has 0 spiro atoms. The smallest absolute Gasteiger partial charge is 0.0587 e. The zero-order valence-electron chi connectivity index (χ0n) is 9.02. The second-order valence-electron chi connectivity index (χ2n) is 4.42.